The maximum Gasteiger partial charge on any atom is 0.191 e. The highest BCUT2D eigenvalue weighted by Gasteiger charge is 2.25. The molecule has 1 saturated heterocycles. The minimum atomic E-state index is 0. The minimum Gasteiger partial charge on any atom is -0.353 e. The number of pyridine rings is 1. The zero-order chi connectivity index (χ0) is 21.3. The van der Waals surface area contributed by atoms with Crippen LogP contribution in [0.5, 0.6) is 0 Å². The molecule has 1 fully saturated rings. The van der Waals surface area contributed by atoms with Gasteiger partial charge in [0.25, 0.3) is 0 Å². The maximum atomic E-state index is 6.30. The summed E-state index contributed by atoms with van der Waals surface area (Å²) in [4.78, 5) is 13.5. The summed E-state index contributed by atoms with van der Waals surface area (Å²) in [5.41, 5.74) is 2.61. The number of benzene rings is 1. The topological polar surface area (TPSA) is 55.8 Å². The molecule has 0 aliphatic carbocycles. The highest BCUT2D eigenvalue weighted by molar-refractivity contribution is 14.0. The Hall–Kier alpha value is -1.58. The van der Waals surface area contributed by atoms with E-state index in [1.54, 1.807) is 6.20 Å². The standard InChI is InChI=1S/C23H33ClN6.HI/c1-4-29(5-2)16-19-9-6-8-18(14-19)15-27-23(25-3)28-20-11-13-30(17-20)22-21(24)10-7-12-26-22;/h6-10,12,14,20H,4-5,11,13,15-17H2,1-3H3,(H2,25,27,28);1H. The summed E-state index contributed by atoms with van der Waals surface area (Å²) in [6.45, 7) is 10.1. The summed E-state index contributed by atoms with van der Waals surface area (Å²) in [7, 11) is 1.81. The van der Waals surface area contributed by atoms with Crippen LogP contribution < -0.4 is 15.5 Å². The molecule has 170 valence electrons. The van der Waals surface area contributed by atoms with Crippen LogP contribution in [-0.4, -0.2) is 55.1 Å². The molecule has 31 heavy (non-hydrogen) atoms. The molecule has 1 aromatic heterocycles. The van der Waals surface area contributed by atoms with Gasteiger partial charge < -0.3 is 15.5 Å². The van der Waals surface area contributed by atoms with Gasteiger partial charge in [0.05, 0.1) is 5.02 Å². The Kier molecular flexibility index (Phi) is 10.8. The van der Waals surface area contributed by atoms with Gasteiger partial charge in [-0.1, -0.05) is 49.7 Å². The minimum absolute atomic E-state index is 0. The molecule has 0 amide bonds. The highest BCUT2D eigenvalue weighted by Crippen LogP contribution is 2.25. The van der Waals surface area contributed by atoms with Gasteiger partial charge in [-0.3, -0.25) is 9.89 Å². The predicted octanol–water partition coefficient (Wildman–Crippen LogP) is 4.14. The zero-order valence-electron chi connectivity index (χ0n) is 18.6. The summed E-state index contributed by atoms with van der Waals surface area (Å²) in [6.07, 6.45) is 2.81. The van der Waals surface area contributed by atoms with E-state index < -0.39 is 0 Å². The van der Waals surface area contributed by atoms with Gasteiger partial charge >= 0.3 is 0 Å². The molecule has 1 atom stereocenters. The number of halogens is 2. The number of guanidine groups is 1. The van der Waals surface area contributed by atoms with E-state index in [4.69, 9.17) is 11.6 Å². The van der Waals surface area contributed by atoms with Crippen molar-refractivity contribution >= 4 is 47.4 Å². The van der Waals surface area contributed by atoms with Crippen LogP contribution in [0.4, 0.5) is 5.82 Å². The first-order chi connectivity index (χ1) is 14.6. The van der Waals surface area contributed by atoms with E-state index in [9.17, 15) is 0 Å². The van der Waals surface area contributed by atoms with Gasteiger partial charge in [-0.15, -0.1) is 24.0 Å². The zero-order valence-corrected chi connectivity index (χ0v) is 21.7. The van der Waals surface area contributed by atoms with E-state index in [1.807, 2.05) is 19.2 Å². The van der Waals surface area contributed by atoms with Crippen LogP contribution >= 0.6 is 35.6 Å². The van der Waals surface area contributed by atoms with Crippen molar-refractivity contribution in [3.8, 4) is 0 Å². The van der Waals surface area contributed by atoms with Crippen molar-refractivity contribution < 1.29 is 0 Å². The first kappa shape index (κ1) is 25.7. The van der Waals surface area contributed by atoms with E-state index in [0.717, 1.165) is 57.5 Å². The summed E-state index contributed by atoms with van der Waals surface area (Å²) in [5, 5.41) is 7.69. The smallest absolute Gasteiger partial charge is 0.191 e. The lowest BCUT2D eigenvalue weighted by atomic mass is 10.1. The summed E-state index contributed by atoms with van der Waals surface area (Å²) in [6, 6.07) is 12.8. The SMILES string of the molecule is CCN(CC)Cc1cccc(CNC(=NC)NC2CCN(c3ncccc3Cl)C2)c1.I. The molecule has 0 radical (unpaired) electrons. The molecule has 2 aromatic rings. The maximum absolute atomic E-state index is 6.30. The van der Waals surface area contributed by atoms with Crippen LogP contribution in [0.2, 0.25) is 5.02 Å². The third-order valence-electron chi connectivity index (χ3n) is 5.54. The fourth-order valence-electron chi connectivity index (χ4n) is 3.80. The van der Waals surface area contributed by atoms with Crippen molar-refractivity contribution in [1.29, 1.82) is 0 Å². The lowest BCUT2D eigenvalue weighted by Crippen LogP contribution is -2.44. The number of aromatic nitrogens is 1. The second-order valence-electron chi connectivity index (χ2n) is 7.59. The number of anilines is 1. The van der Waals surface area contributed by atoms with Crippen LogP contribution in [-0.2, 0) is 13.1 Å². The van der Waals surface area contributed by atoms with Crippen molar-refractivity contribution in [2.24, 2.45) is 4.99 Å². The number of aliphatic imine (C=N–C) groups is 1. The molecule has 8 heteroatoms. The van der Waals surface area contributed by atoms with Crippen molar-refractivity contribution in [3.05, 3.63) is 58.7 Å². The number of rotatable bonds is 8. The van der Waals surface area contributed by atoms with Crippen molar-refractivity contribution in [3.63, 3.8) is 0 Å². The Bertz CT molecular complexity index is 842. The largest absolute Gasteiger partial charge is 0.353 e. The molecular weight excluding hydrogens is 523 g/mol. The molecule has 2 N–H and O–H groups in total. The van der Waals surface area contributed by atoms with E-state index in [2.05, 4.69) is 68.5 Å². The molecule has 3 rings (SSSR count). The van der Waals surface area contributed by atoms with Crippen molar-refractivity contribution in [1.82, 2.24) is 20.5 Å². The summed E-state index contributed by atoms with van der Waals surface area (Å²) >= 11 is 6.30. The summed E-state index contributed by atoms with van der Waals surface area (Å²) in [5.74, 6) is 1.68. The third-order valence-corrected chi connectivity index (χ3v) is 5.84. The third kappa shape index (κ3) is 7.50. The van der Waals surface area contributed by atoms with Crippen LogP contribution in [0.25, 0.3) is 0 Å². The van der Waals surface area contributed by atoms with Crippen molar-refractivity contribution in [2.75, 3.05) is 38.1 Å². The number of hydrogen-bond donors (Lipinski definition) is 2. The van der Waals surface area contributed by atoms with Gasteiger partial charge in [-0.25, -0.2) is 4.98 Å². The predicted molar refractivity (Wildman–Crippen MR) is 142 cm³/mol. The molecule has 0 spiro atoms. The lowest BCUT2D eigenvalue weighted by molar-refractivity contribution is 0.296. The molecule has 1 unspecified atom stereocenters. The summed E-state index contributed by atoms with van der Waals surface area (Å²) < 4.78 is 0. The Balaban J connectivity index is 0.00000341. The Morgan fingerprint density at radius 2 is 2.00 bits per heavy atom. The van der Waals surface area contributed by atoms with E-state index in [0.29, 0.717) is 11.1 Å². The Morgan fingerprint density at radius 3 is 2.71 bits per heavy atom. The van der Waals surface area contributed by atoms with Crippen molar-refractivity contribution in [2.45, 2.75) is 39.4 Å². The molecule has 1 aromatic carbocycles. The van der Waals surface area contributed by atoms with Crippen LogP contribution in [0.15, 0.2) is 47.6 Å². The fourth-order valence-corrected chi connectivity index (χ4v) is 4.04. The van der Waals surface area contributed by atoms with Gasteiger partial charge in [-0.2, -0.15) is 0 Å². The first-order valence-electron chi connectivity index (χ1n) is 10.8. The average molecular weight is 557 g/mol. The Morgan fingerprint density at radius 1 is 1.23 bits per heavy atom. The van der Waals surface area contributed by atoms with Gasteiger partial charge in [-0.05, 0) is 42.8 Å². The van der Waals surface area contributed by atoms with E-state index in [1.165, 1.54) is 11.1 Å². The van der Waals surface area contributed by atoms with Gasteiger partial charge in [0.2, 0.25) is 0 Å². The Labute approximate surface area is 208 Å². The molecule has 1 aliphatic rings. The second kappa shape index (κ2) is 13.1. The molecule has 6 nitrogen and oxygen atoms in total. The molecule has 1 aliphatic heterocycles. The molecule has 0 saturated carbocycles. The number of hydrogen-bond acceptors (Lipinski definition) is 4. The lowest BCUT2D eigenvalue weighted by Gasteiger charge is -2.20. The quantitative estimate of drug-likeness (QED) is 0.291. The van der Waals surface area contributed by atoms with Gasteiger partial charge in [0.15, 0.2) is 5.96 Å². The molecule has 2 heterocycles. The normalized spacial score (nSPS) is 16.4. The molecule has 0 bridgehead atoms. The highest BCUT2D eigenvalue weighted by atomic mass is 127. The molecular formula is C23H34ClIN6. The first-order valence-corrected chi connectivity index (χ1v) is 11.1. The van der Waals surface area contributed by atoms with Crippen LogP contribution in [0, 0.1) is 0 Å². The fraction of sp³-hybridized carbons (Fsp3) is 0.478. The van der Waals surface area contributed by atoms with E-state index in [-0.39, 0.29) is 24.0 Å². The number of nitrogens with zero attached hydrogens (tertiary/aromatic N) is 4. The van der Waals surface area contributed by atoms with Crippen LogP contribution in [0.1, 0.15) is 31.4 Å². The monoisotopic (exact) mass is 556 g/mol. The number of nitrogens with one attached hydrogen (secondary N) is 2. The van der Waals surface area contributed by atoms with Gasteiger partial charge in [0, 0.05) is 45.5 Å². The average Bonchev–Trinajstić information content (AvgIpc) is 3.23. The van der Waals surface area contributed by atoms with Crippen LogP contribution in [0.3, 0.4) is 0 Å². The second-order valence-corrected chi connectivity index (χ2v) is 8.00. The van der Waals surface area contributed by atoms with Gasteiger partial charge in [0.1, 0.15) is 5.82 Å². The van der Waals surface area contributed by atoms with E-state index >= 15 is 0 Å².